The van der Waals surface area contributed by atoms with Gasteiger partial charge in [-0.25, -0.2) is 4.79 Å². The maximum absolute atomic E-state index is 12.9. The first kappa shape index (κ1) is 25.3. The molecule has 30 heavy (non-hydrogen) atoms. The van der Waals surface area contributed by atoms with Gasteiger partial charge in [0.1, 0.15) is 18.1 Å². The van der Waals surface area contributed by atoms with E-state index in [9.17, 15) is 34.2 Å². The van der Waals surface area contributed by atoms with Crippen molar-refractivity contribution in [2.45, 2.75) is 70.3 Å². The van der Waals surface area contributed by atoms with Gasteiger partial charge >= 0.3 is 5.97 Å². The molecule has 170 valence electrons. The van der Waals surface area contributed by atoms with Crippen LogP contribution >= 0.6 is 0 Å². The zero-order valence-corrected chi connectivity index (χ0v) is 17.3. The monoisotopic (exact) mass is 429 g/mol. The van der Waals surface area contributed by atoms with E-state index in [2.05, 4.69) is 10.6 Å². The number of nitrogens with one attached hydrogen (secondary N) is 2. The molecule has 0 aliphatic carbocycles. The van der Waals surface area contributed by atoms with Gasteiger partial charge in [-0.1, -0.05) is 13.8 Å². The lowest BCUT2D eigenvalue weighted by Crippen LogP contribution is -2.61. The second-order valence-corrected chi connectivity index (χ2v) is 7.76. The number of carbonyl (C=O) groups is 5. The van der Waals surface area contributed by atoms with Gasteiger partial charge in [0, 0.05) is 6.54 Å². The fourth-order valence-corrected chi connectivity index (χ4v) is 3.20. The van der Waals surface area contributed by atoms with E-state index in [0.29, 0.717) is 12.8 Å². The van der Waals surface area contributed by atoms with Crippen molar-refractivity contribution in [3.63, 3.8) is 0 Å². The predicted octanol–water partition coefficient (Wildman–Crippen LogP) is -2.73. The van der Waals surface area contributed by atoms with Gasteiger partial charge in [-0.15, -0.1) is 0 Å². The van der Waals surface area contributed by atoms with Crippen molar-refractivity contribution in [3.05, 3.63) is 0 Å². The molecule has 0 aromatic carbocycles. The summed E-state index contributed by atoms with van der Waals surface area (Å²) in [7, 11) is 0. The van der Waals surface area contributed by atoms with Crippen LogP contribution in [0.25, 0.3) is 0 Å². The number of carbonyl (C=O) groups excluding carboxylic acids is 4. The fraction of sp³-hybridized carbons (Fsp3) is 0.722. The molecule has 1 saturated heterocycles. The first-order valence-electron chi connectivity index (χ1n) is 9.72. The van der Waals surface area contributed by atoms with Gasteiger partial charge in [0.2, 0.25) is 23.6 Å². The summed E-state index contributed by atoms with van der Waals surface area (Å²) in [6, 6.07) is -4.77. The molecule has 1 rings (SSSR count). The number of primary amides is 1. The highest BCUT2D eigenvalue weighted by atomic mass is 16.4. The van der Waals surface area contributed by atoms with Gasteiger partial charge in [0.05, 0.1) is 18.6 Å². The number of carboxylic acid groups (broad SMARTS) is 1. The molecule has 1 fully saturated rings. The van der Waals surface area contributed by atoms with Crippen LogP contribution in [0.15, 0.2) is 0 Å². The SMILES string of the molecule is CC(C)C(NC(=O)C(NC(=O)C(N)CC(N)=O)C(C)O)C(=O)N1CCCC1C(=O)O. The van der Waals surface area contributed by atoms with E-state index in [1.807, 2.05) is 0 Å². The number of aliphatic hydroxyl groups is 1. The minimum absolute atomic E-state index is 0.257. The molecule has 12 nitrogen and oxygen atoms in total. The first-order valence-corrected chi connectivity index (χ1v) is 9.72. The van der Waals surface area contributed by atoms with Crippen molar-refractivity contribution in [2.75, 3.05) is 6.54 Å². The molecule has 5 unspecified atom stereocenters. The van der Waals surface area contributed by atoms with Crippen LogP contribution in [-0.4, -0.2) is 81.5 Å². The van der Waals surface area contributed by atoms with Gasteiger partial charge in [-0.3, -0.25) is 19.2 Å². The standard InChI is InChI=1S/C18H31N5O7/c1-8(2)13(17(28)23-6-4-5-11(23)18(29)30)21-16(27)14(9(3)24)22-15(26)10(19)7-12(20)25/h8-11,13-14,24H,4-7,19H2,1-3H3,(H2,20,25)(H,21,27)(H,22,26)(H,29,30). The summed E-state index contributed by atoms with van der Waals surface area (Å²) in [6.07, 6.45) is -0.926. The van der Waals surface area contributed by atoms with Gasteiger partial charge in [-0.2, -0.15) is 0 Å². The first-order chi connectivity index (χ1) is 13.9. The molecule has 0 spiro atoms. The van der Waals surface area contributed by atoms with Gasteiger partial charge in [0.15, 0.2) is 0 Å². The number of hydrogen-bond acceptors (Lipinski definition) is 7. The Morgan fingerprint density at radius 1 is 1.07 bits per heavy atom. The van der Waals surface area contributed by atoms with Crippen LogP contribution in [0.2, 0.25) is 0 Å². The maximum Gasteiger partial charge on any atom is 0.326 e. The quantitative estimate of drug-likeness (QED) is 0.214. The zero-order valence-electron chi connectivity index (χ0n) is 17.3. The molecule has 4 amide bonds. The van der Waals surface area contributed by atoms with Gasteiger partial charge in [0.25, 0.3) is 0 Å². The molecule has 0 bridgehead atoms. The Balaban J connectivity index is 2.93. The summed E-state index contributed by atoms with van der Waals surface area (Å²) < 4.78 is 0. The van der Waals surface area contributed by atoms with Crippen molar-refractivity contribution < 1.29 is 34.2 Å². The van der Waals surface area contributed by atoms with E-state index >= 15 is 0 Å². The molecule has 0 saturated carbocycles. The molecule has 12 heteroatoms. The Bertz CT molecular complexity index is 682. The number of carboxylic acids is 1. The lowest BCUT2D eigenvalue weighted by atomic mass is 10.0. The molecule has 0 radical (unpaired) electrons. The molecule has 1 aliphatic rings. The number of hydrogen-bond donors (Lipinski definition) is 6. The molecular weight excluding hydrogens is 398 g/mol. The highest BCUT2D eigenvalue weighted by Gasteiger charge is 2.39. The van der Waals surface area contributed by atoms with E-state index in [1.54, 1.807) is 13.8 Å². The number of aliphatic hydroxyl groups excluding tert-OH is 1. The molecule has 5 atom stereocenters. The molecule has 0 aromatic rings. The van der Waals surface area contributed by atoms with Crippen LogP contribution in [0.1, 0.15) is 40.0 Å². The third-order valence-corrected chi connectivity index (χ3v) is 4.87. The average molecular weight is 429 g/mol. The number of aliphatic carboxylic acids is 1. The smallest absolute Gasteiger partial charge is 0.326 e. The molecule has 1 heterocycles. The Morgan fingerprint density at radius 2 is 1.63 bits per heavy atom. The van der Waals surface area contributed by atoms with Gasteiger partial charge < -0.3 is 37.2 Å². The number of nitrogens with two attached hydrogens (primary N) is 2. The topological polar surface area (TPSA) is 205 Å². The van der Waals surface area contributed by atoms with Crippen molar-refractivity contribution >= 4 is 29.6 Å². The minimum atomic E-state index is -1.45. The van der Waals surface area contributed by atoms with Crippen LogP contribution in [-0.2, 0) is 24.0 Å². The van der Waals surface area contributed by atoms with Crippen molar-refractivity contribution in [3.8, 4) is 0 Å². The summed E-state index contributed by atoms with van der Waals surface area (Å²) in [5.74, 6) is -4.58. The van der Waals surface area contributed by atoms with Crippen LogP contribution < -0.4 is 22.1 Å². The number of amides is 4. The average Bonchev–Trinajstić information content (AvgIpc) is 3.12. The largest absolute Gasteiger partial charge is 0.480 e. The van der Waals surface area contributed by atoms with E-state index in [-0.39, 0.29) is 12.5 Å². The van der Waals surface area contributed by atoms with Crippen molar-refractivity contribution in [2.24, 2.45) is 17.4 Å². The Morgan fingerprint density at radius 3 is 2.10 bits per heavy atom. The summed E-state index contributed by atoms with van der Waals surface area (Å²) in [6.45, 7) is 4.87. The molecule has 0 aromatic heterocycles. The van der Waals surface area contributed by atoms with E-state index in [0.717, 1.165) is 0 Å². The highest BCUT2D eigenvalue weighted by molar-refractivity contribution is 5.95. The number of rotatable bonds is 10. The van der Waals surface area contributed by atoms with E-state index in [1.165, 1.54) is 11.8 Å². The fourth-order valence-electron chi connectivity index (χ4n) is 3.20. The van der Waals surface area contributed by atoms with Crippen molar-refractivity contribution in [1.29, 1.82) is 0 Å². The molecule has 8 N–H and O–H groups in total. The summed E-state index contributed by atoms with van der Waals surface area (Å²) in [5.41, 5.74) is 10.5. The van der Waals surface area contributed by atoms with Crippen molar-refractivity contribution in [1.82, 2.24) is 15.5 Å². The lowest BCUT2D eigenvalue weighted by Gasteiger charge is -2.31. The predicted molar refractivity (Wildman–Crippen MR) is 105 cm³/mol. The third-order valence-electron chi connectivity index (χ3n) is 4.87. The summed E-state index contributed by atoms with van der Waals surface area (Å²) >= 11 is 0. The van der Waals surface area contributed by atoms with Gasteiger partial charge in [-0.05, 0) is 25.7 Å². The highest BCUT2D eigenvalue weighted by Crippen LogP contribution is 2.20. The molecular formula is C18H31N5O7. The Labute approximate surface area is 174 Å². The van der Waals surface area contributed by atoms with Crippen LogP contribution in [0.3, 0.4) is 0 Å². The summed E-state index contributed by atoms with van der Waals surface area (Å²) in [4.78, 5) is 61.2. The van der Waals surface area contributed by atoms with Crippen LogP contribution in [0.5, 0.6) is 0 Å². The zero-order chi connectivity index (χ0) is 23.2. The van der Waals surface area contributed by atoms with E-state index < -0.39 is 66.3 Å². The van der Waals surface area contributed by atoms with E-state index in [4.69, 9.17) is 11.5 Å². The second-order valence-electron chi connectivity index (χ2n) is 7.76. The molecule has 1 aliphatic heterocycles. The number of likely N-dealkylation sites (tertiary alicyclic amines) is 1. The Hall–Kier alpha value is -2.73. The normalized spacial score (nSPS) is 20.2. The number of nitrogens with zero attached hydrogens (tertiary/aromatic N) is 1. The Kier molecular flexibility index (Phi) is 9.18. The lowest BCUT2D eigenvalue weighted by molar-refractivity contribution is -0.150. The minimum Gasteiger partial charge on any atom is -0.480 e. The van der Waals surface area contributed by atoms with Crippen LogP contribution in [0, 0.1) is 5.92 Å². The third kappa shape index (κ3) is 6.66. The maximum atomic E-state index is 12.9. The van der Waals surface area contributed by atoms with Crippen LogP contribution in [0.4, 0.5) is 0 Å². The summed E-state index contributed by atoms with van der Waals surface area (Å²) in [5, 5.41) is 24.0. The second kappa shape index (κ2) is 10.9.